The van der Waals surface area contributed by atoms with Gasteiger partial charge in [0.15, 0.2) is 6.07 Å². The molecule has 0 atom stereocenters. The molecule has 1 rings (SSSR count). The minimum absolute atomic E-state index is 0.137. The summed E-state index contributed by atoms with van der Waals surface area (Å²) in [5, 5.41) is 29.0. The van der Waals surface area contributed by atoms with E-state index >= 15 is 0 Å². The van der Waals surface area contributed by atoms with E-state index in [1.807, 2.05) is 6.07 Å². The minimum atomic E-state index is -0.839. The van der Waals surface area contributed by atoms with Gasteiger partial charge in [-0.2, -0.15) is 5.26 Å². The highest BCUT2D eigenvalue weighted by atomic mass is 16.6. The van der Waals surface area contributed by atoms with Crippen molar-refractivity contribution >= 4 is 11.4 Å². The SMILES string of the molecule is N#Cc1cc([N+](=O)[O-])[c]c([N+](=O)[O-])c1. The molecule has 0 fully saturated rings. The van der Waals surface area contributed by atoms with E-state index in [1.165, 1.54) is 0 Å². The Morgan fingerprint density at radius 2 is 1.64 bits per heavy atom. The maximum atomic E-state index is 10.3. The van der Waals surface area contributed by atoms with Crippen LogP contribution >= 0.6 is 0 Å². The maximum Gasteiger partial charge on any atom is 0.286 e. The predicted octanol–water partition coefficient (Wildman–Crippen LogP) is 1.17. The molecule has 0 heterocycles. The van der Waals surface area contributed by atoms with E-state index in [-0.39, 0.29) is 5.56 Å². The van der Waals surface area contributed by atoms with Crippen LogP contribution in [0.2, 0.25) is 0 Å². The molecule has 0 spiro atoms. The summed E-state index contributed by atoms with van der Waals surface area (Å²) in [5.74, 6) is 0. The number of non-ortho nitro benzene ring substituents is 2. The Labute approximate surface area is 77.5 Å². The van der Waals surface area contributed by atoms with Crippen LogP contribution in [0.15, 0.2) is 12.1 Å². The Bertz CT molecular complexity index is 416. The molecule has 14 heavy (non-hydrogen) atoms. The van der Waals surface area contributed by atoms with Crippen LogP contribution in [0.4, 0.5) is 11.4 Å². The molecule has 0 aliphatic heterocycles. The van der Waals surface area contributed by atoms with Crippen molar-refractivity contribution in [1.29, 1.82) is 5.26 Å². The van der Waals surface area contributed by atoms with E-state index in [1.54, 1.807) is 6.07 Å². The van der Waals surface area contributed by atoms with Gasteiger partial charge in [-0.15, -0.1) is 0 Å². The van der Waals surface area contributed by atoms with Crippen molar-refractivity contribution in [2.24, 2.45) is 0 Å². The molecule has 0 aliphatic rings. The number of benzene rings is 1. The van der Waals surface area contributed by atoms with Gasteiger partial charge < -0.3 is 0 Å². The Hall–Kier alpha value is -2.49. The molecule has 1 aromatic carbocycles. The number of hydrogen-bond acceptors (Lipinski definition) is 5. The molecule has 0 aliphatic carbocycles. The molecule has 0 unspecified atom stereocenters. The number of nitro benzene ring substituents is 2. The van der Waals surface area contributed by atoms with Crippen molar-refractivity contribution in [3.05, 3.63) is 44.0 Å². The Morgan fingerprint density at radius 1 is 1.21 bits per heavy atom. The van der Waals surface area contributed by atoms with E-state index in [0.717, 1.165) is 12.1 Å². The fourth-order valence-corrected chi connectivity index (χ4v) is 0.801. The van der Waals surface area contributed by atoms with E-state index in [4.69, 9.17) is 5.26 Å². The van der Waals surface area contributed by atoms with Gasteiger partial charge >= 0.3 is 0 Å². The lowest BCUT2D eigenvalue weighted by Crippen LogP contribution is -1.94. The summed E-state index contributed by atoms with van der Waals surface area (Å²) in [6.07, 6.45) is 0. The highest BCUT2D eigenvalue weighted by Crippen LogP contribution is 2.20. The third-order valence-electron chi connectivity index (χ3n) is 1.36. The molecule has 69 valence electrons. The summed E-state index contributed by atoms with van der Waals surface area (Å²) in [5.41, 5.74) is -1.31. The molecule has 1 aromatic rings. The summed E-state index contributed by atoms with van der Waals surface area (Å²) in [7, 11) is 0. The molecule has 7 nitrogen and oxygen atoms in total. The Balaban J connectivity index is 3.36. The van der Waals surface area contributed by atoms with Crippen LogP contribution in [0.25, 0.3) is 0 Å². The van der Waals surface area contributed by atoms with Crippen LogP contribution in [0.1, 0.15) is 5.56 Å². The summed E-state index contributed by atoms with van der Waals surface area (Å²) in [6.45, 7) is 0. The average molecular weight is 192 g/mol. The minimum Gasteiger partial charge on any atom is -0.258 e. The molecular weight excluding hydrogens is 190 g/mol. The van der Waals surface area contributed by atoms with E-state index in [2.05, 4.69) is 0 Å². The van der Waals surface area contributed by atoms with Crippen LogP contribution in [0.3, 0.4) is 0 Å². The second-order valence-corrected chi connectivity index (χ2v) is 2.27. The van der Waals surface area contributed by atoms with E-state index in [9.17, 15) is 20.2 Å². The summed E-state index contributed by atoms with van der Waals surface area (Å²) in [4.78, 5) is 18.9. The predicted molar refractivity (Wildman–Crippen MR) is 43.3 cm³/mol. The van der Waals surface area contributed by atoms with Crippen LogP contribution in [0.5, 0.6) is 0 Å². The third kappa shape index (κ3) is 1.81. The largest absolute Gasteiger partial charge is 0.286 e. The number of nitrogens with zero attached hydrogens (tertiary/aromatic N) is 3. The molecule has 0 N–H and O–H groups in total. The van der Waals surface area contributed by atoms with Crippen LogP contribution in [0, 0.1) is 37.6 Å². The number of hydrogen-bond donors (Lipinski definition) is 0. The fraction of sp³-hybridized carbons (Fsp3) is 0. The van der Waals surface area contributed by atoms with Gasteiger partial charge in [-0.1, -0.05) is 0 Å². The van der Waals surface area contributed by atoms with E-state index < -0.39 is 21.2 Å². The molecule has 7 heteroatoms. The van der Waals surface area contributed by atoms with Gasteiger partial charge in [0.2, 0.25) is 0 Å². The van der Waals surface area contributed by atoms with Crippen LogP contribution in [-0.4, -0.2) is 9.85 Å². The Kier molecular flexibility index (Phi) is 2.39. The van der Waals surface area contributed by atoms with Gasteiger partial charge in [0.05, 0.1) is 21.5 Å². The first-order chi connectivity index (χ1) is 6.54. The van der Waals surface area contributed by atoms with Gasteiger partial charge in [0.25, 0.3) is 11.4 Å². The standard InChI is InChI=1S/C7H2N3O4/c8-4-5-1-6(9(11)12)3-7(2-5)10(13)14/h1-2H. The summed E-state index contributed by atoms with van der Waals surface area (Å²) in [6, 6.07) is 5.40. The number of rotatable bonds is 2. The monoisotopic (exact) mass is 192 g/mol. The molecular formula is C7H2N3O4. The smallest absolute Gasteiger partial charge is 0.258 e. The molecule has 0 saturated carbocycles. The lowest BCUT2D eigenvalue weighted by Gasteiger charge is -1.92. The van der Waals surface area contributed by atoms with Crippen LogP contribution in [-0.2, 0) is 0 Å². The molecule has 0 aromatic heterocycles. The first-order valence-electron chi connectivity index (χ1n) is 3.31. The Morgan fingerprint density at radius 3 is 1.93 bits per heavy atom. The lowest BCUT2D eigenvalue weighted by molar-refractivity contribution is -0.394. The molecule has 1 radical (unpaired) electrons. The van der Waals surface area contributed by atoms with Crippen molar-refractivity contribution in [2.75, 3.05) is 0 Å². The second kappa shape index (κ2) is 3.49. The molecule has 0 bridgehead atoms. The molecule has 0 amide bonds. The zero-order valence-electron chi connectivity index (χ0n) is 6.63. The topological polar surface area (TPSA) is 110 Å². The first-order valence-corrected chi connectivity index (χ1v) is 3.31. The number of nitro groups is 2. The first kappa shape index (κ1) is 9.60. The quantitative estimate of drug-likeness (QED) is 0.515. The van der Waals surface area contributed by atoms with E-state index in [0.29, 0.717) is 0 Å². The van der Waals surface area contributed by atoms with Crippen molar-refractivity contribution in [2.45, 2.75) is 0 Å². The van der Waals surface area contributed by atoms with Crippen LogP contribution < -0.4 is 0 Å². The van der Waals surface area contributed by atoms with Crippen molar-refractivity contribution < 1.29 is 9.85 Å². The lowest BCUT2D eigenvalue weighted by atomic mass is 10.2. The van der Waals surface area contributed by atoms with Gasteiger partial charge in [-0.25, -0.2) is 0 Å². The van der Waals surface area contributed by atoms with Gasteiger partial charge in [0.1, 0.15) is 0 Å². The summed E-state index contributed by atoms with van der Waals surface area (Å²) < 4.78 is 0. The third-order valence-corrected chi connectivity index (χ3v) is 1.36. The zero-order chi connectivity index (χ0) is 10.7. The maximum absolute atomic E-state index is 10.3. The zero-order valence-corrected chi connectivity index (χ0v) is 6.63. The van der Waals surface area contributed by atoms with Gasteiger partial charge in [-0.3, -0.25) is 20.2 Å². The van der Waals surface area contributed by atoms with Crippen molar-refractivity contribution in [1.82, 2.24) is 0 Å². The normalized spacial score (nSPS) is 9.07. The van der Waals surface area contributed by atoms with Crippen molar-refractivity contribution in [3.8, 4) is 6.07 Å². The van der Waals surface area contributed by atoms with Gasteiger partial charge in [-0.05, 0) is 0 Å². The second-order valence-electron chi connectivity index (χ2n) is 2.27. The average Bonchev–Trinajstić information content (AvgIpc) is 2.16. The highest BCUT2D eigenvalue weighted by Gasteiger charge is 2.16. The van der Waals surface area contributed by atoms with Crippen molar-refractivity contribution in [3.63, 3.8) is 0 Å². The summed E-state index contributed by atoms with van der Waals surface area (Å²) >= 11 is 0. The molecule has 0 saturated heterocycles. The fourth-order valence-electron chi connectivity index (χ4n) is 0.801. The van der Waals surface area contributed by atoms with Gasteiger partial charge in [0, 0.05) is 12.1 Å². The number of nitriles is 1. The highest BCUT2D eigenvalue weighted by molar-refractivity contribution is 5.49.